The van der Waals surface area contributed by atoms with Gasteiger partial charge in [-0.25, -0.2) is 9.98 Å². The largest absolute Gasteiger partial charge is 0.460 e. The van der Waals surface area contributed by atoms with Gasteiger partial charge >= 0.3 is 18.0 Å². The summed E-state index contributed by atoms with van der Waals surface area (Å²) in [6.07, 6.45) is -7.62. The Morgan fingerprint density at radius 3 is 2.00 bits per heavy atom. The van der Waals surface area contributed by atoms with Crippen molar-refractivity contribution in [2.75, 3.05) is 0 Å². The lowest BCUT2D eigenvalue weighted by Gasteiger charge is -2.29. The van der Waals surface area contributed by atoms with Crippen molar-refractivity contribution >= 4 is 18.0 Å². The molecule has 0 aliphatic carbocycles. The number of rotatable bonds is 2. The maximum Gasteiger partial charge on any atom is 0.460 e. The van der Waals surface area contributed by atoms with Crippen LogP contribution < -0.4 is 0 Å². The second-order valence-electron chi connectivity index (χ2n) is 3.04. The van der Waals surface area contributed by atoms with Crippen LogP contribution in [-0.2, 0) is 4.79 Å². The van der Waals surface area contributed by atoms with E-state index in [0.717, 1.165) is 0 Å². The average molecular weight is 264 g/mol. The molecule has 0 radical (unpaired) electrons. The van der Waals surface area contributed by atoms with Gasteiger partial charge in [-0.2, -0.15) is 30.7 Å². The summed E-state index contributed by atoms with van der Waals surface area (Å²) in [7, 11) is 0. The van der Waals surface area contributed by atoms with Crippen LogP contribution in [0.25, 0.3) is 0 Å². The topological polar surface area (TPSA) is 41.8 Å². The first-order valence-electron chi connectivity index (χ1n) is 3.95. The van der Waals surface area contributed by atoms with E-state index in [-0.39, 0.29) is 6.34 Å². The molecule has 0 aromatic heterocycles. The molecule has 10 heteroatoms. The number of alkyl halides is 7. The van der Waals surface area contributed by atoms with Gasteiger partial charge in [-0.1, -0.05) is 0 Å². The minimum absolute atomic E-state index is 0.210. The zero-order valence-electron chi connectivity index (χ0n) is 7.73. The molecule has 0 N–H and O–H groups in total. The lowest BCUT2D eigenvalue weighted by atomic mass is 10.0. The molecule has 0 bridgehead atoms. The van der Waals surface area contributed by atoms with Gasteiger partial charge in [-0.05, 0) is 0 Å². The zero-order valence-corrected chi connectivity index (χ0v) is 7.73. The Hall–Kier alpha value is -1.48. The predicted molar refractivity (Wildman–Crippen MR) is 41.5 cm³/mol. The molecule has 96 valence electrons. The molecular weight excluding hydrogens is 261 g/mol. The molecule has 1 aliphatic rings. The fourth-order valence-electron chi connectivity index (χ4n) is 0.949. The van der Waals surface area contributed by atoms with Crippen molar-refractivity contribution in [1.29, 1.82) is 0 Å². The van der Waals surface area contributed by atoms with Crippen LogP contribution in [0, 0.1) is 0 Å². The second kappa shape index (κ2) is 3.77. The highest BCUT2D eigenvalue weighted by Crippen LogP contribution is 2.47. The van der Waals surface area contributed by atoms with Crippen LogP contribution in [-0.4, -0.2) is 36.0 Å². The summed E-state index contributed by atoms with van der Waals surface area (Å²) in [6, 6.07) is 0. The number of nitrogens with zero attached hydrogens (tertiary/aromatic N) is 2. The summed E-state index contributed by atoms with van der Waals surface area (Å²) in [5.41, 5.74) is -1.86. The molecule has 17 heavy (non-hydrogen) atoms. The van der Waals surface area contributed by atoms with E-state index in [0.29, 0.717) is 0 Å². The van der Waals surface area contributed by atoms with Crippen molar-refractivity contribution in [2.45, 2.75) is 24.4 Å². The molecule has 0 saturated heterocycles. The molecule has 0 aromatic carbocycles. The Morgan fingerprint density at radius 2 is 1.59 bits per heavy atom. The van der Waals surface area contributed by atoms with E-state index in [1.165, 1.54) is 0 Å². The number of halogens is 7. The van der Waals surface area contributed by atoms with Crippen LogP contribution >= 0.6 is 0 Å². The van der Waals surface area contributed by atoms with Gasteiger partial charge in [-0.3, -0.25) is 4.79 Å². The quantitative estimate of drug-likeness (QED) is 0.705. The van der Waals surface area contributed by atoms with E-state index in [9.17, 15) is 35.5 Å². The highest BCUT2D eigenvalue weighted by molar-refractivity contribution is 6.12. The predicted octanol–water partition coefficient (Wildman–Crippen LogP) is 2.22. The van der Waals surface area contributed by atoms with Crippen molar-refractivity contribution in [3.63, 3.8) is 0 Å². The smallest absolute Gasteiger partial charge is 0.272 e. The number of hydrogen-bond acceptors (Lipinski definition) is 2. The lowest BCUT2D eigenvalue weighted by molar-refractivity contribution is -0.336. The standard InChI is InChI=1S/C7H3F7N2O/c8-5(9,6(10,11)7(12,13)14)3-1-4(17)16-2-15-3/h2H,1H2. The van der Waals surface area contributed by atoms with Gasteiger partial charge in [0, 0.05) is 0 Å². The van der Waals surface area contributed by atoms with Crippen LogP contribution in [0.5, 0.6) is 0 Å². The lowest BCUT2D eigenvalue weighted by Crippen LogP contribution is -2.56. The Morgan fingerprint density at radius 1 is 1.06 bits per heavy atom. The molecule has 3 nitrogen and oxygen atoms in total. The molecule has 1 heterocycles. The maximum atomic E-state index is 12.9. The van der Waals surface area contributed by atoms with E-state index in [1.807, 2.05) is 0 Å². The third kappa shape index (κ3) is 2.15. The molecule has 1 amide bonds. The first-order valence-corrected chi connectivity index (χ1v) is 3.95. The van der Waals surface area contributed by atoms with Gasteiger partial charge < -0.3 is 0 Å². The summed E-state index contributed by atoms with van der Waals surface area (Å²) < 4.78 is 86.2. The molecule has 0 spiro atoms. The van der Waals surface area contributed by atoms with Gasteiger partial charge in [0.15, 0.2) is 0 Å². The molecule has 1 aliphatic heterocycles. The number of carbonyl (C=O) groups excluding carboxylic acids is 1. The van der Waals surface area contributed by atoms with Crippen molar-refractivity contribution in [3.8, 4) is 0 Å². The molecule has 0 fully saturated rings. The van der Waals surface area contributed by atoms with E-state index in [2.05, 4.69) is 9.98 Å². The Bertz CT molecular complexity index is 396. The van der Waals surface area contributed by atoms with Crippen LogP contribution in [0.1, 0.15) is 6.42 Å². The Labute approximate surface area is 89.0 Å². The normalized spacial score (nSPS) is 18.3. The van der Waals surface area contributed by atoms with Crippen molar-refractivity contribution in [3.05, 3.63) is 0 Å². The van der Waals surface area contributed by atoms with E-state index < -0.39 is 36.1 Å². The number of amides is 1. The van der Waals surface area contributed by atoms with Crippen molar-refractivity contribution in [2.24, 2.45) is 9.98 Å². The van der Waals surface area contributed by atoms with Crippen LogP contribution in [0.2, 0.25) is 0 Å². The number of hydrogen-bond donors (Lipinski definition) is 0. The van der Waals surface area contributed by atoms with Gasteiger partial charge in [-0.15, -0.1) is 0 Å². The minimum Gasteiger partial charge on any atom is -0.272 e. The highest BCUT2D eigenvalue weighted by atomic mass is 19.4. The summed E-state index contributed by atoms with van der Waals surface area (Å²) in [5.74, 6) is -13.2. The maximum absolute atomic E-state index is 12.9. The molecule has 0 saturated carbocycles. The number of aliphatic imine (C=N–C) groups is 2. The second-order valence-corrected chi connectivity index (χ2v) is 3.04. The summed E-state index contributed by atoms with van der Waals surface area (Å²) in [5, 5.41) is 0. The van der Waals surface area contributed by atoms with Gasteiger partial charge in [0.25, 0.3) is 5.91 Å². The third-order valence-corrected chi connectivity index (χ3v) is 1.85. The number of carbonyl (C=O) groups is 1. The van der Waals surface area contributed by atoms with Crippen LogP contribution in [0.15, 0.2) is 9.98 Å². The van der Waals surface area contributed by atoms with E-state index in [4.69, 9.17) is 0 Å². The minimum atomic E-state index is -6.45. The van der Waals surface area contributed by atoms with E-state index in [1.54, 1.807) is 0 Å². The van der Waals surface area contributed by atoms with Crippen molar-refractivity contribution in [1.82, 2.24) is 0 Å². The SMILES string of the molecule is O=C1CC(C(F)(F)C(F)(F)C(F)(F)F)=NC=N1. The summed E-state index contributed by atoms with van der Waals surface area (Å²) in [4.78, 5) is 16.0. The fraction of sp³-hybridized carbons (Fsp3) is 0.571. The van der Waals surface area contributed by atoms with Gasteiger partial charge in [0.05, 0.1) is 6.42 Å². The molecule has 0 unspecified atom stereocenters. The third-order valence-electron chi connectivity index (χ3n) is 1.85. The molecule has 0 atom stereocenters. The summed E-state index contributed by atoms with van der Waals surface area (Å²) >= 11 is 0. The van der Waals surface area contributed by atoms with Crippen LogP contribution in [0.3, 0.4) is 0 Å². The zero-order chi connectivity index (χ0) is 13.5. The monoisotopic (exact) mass is 264 g/mol. The van der Waals surface area contributed by atoms with Gasteiger partial charge in [0.1, 0.15) is 12.1 Å². The first-order chi connectivity index (χ1) is 7.50. The Balaban J connectivity index is 3.15. The molecule has 1 rings (SSSR count). The first kappa shape index (κ1) is 13.6. The van der Waals surface area contributed by atoms with Gasteiger partial charge in [0.2, 0.25) is 0 Å². The fourth-order valence-corrected chi connectivity index (χ4v) is 0.949. The highest BCUT2D eigenvalue weighted by Gasteiger charge is 2.74. The molecular formula is C7H3F7N2O. The molecule has 0 aromatic rings. The average Bonchev–Trinajstić information content (AvgIpc) is 2.15. The Kier molecular flexibility index (Phi) is 3.02. The summed E-state index contributed by atoms with van der Waals surface area (Å²) in [6.45, 7) is 0. The van der Waals surface area contributed by atoms with E-state index >= 15 is 0 Å². The van der Waals surface area contributed by atoms with Crippen LogP contribution in [0.4, 0.5) is 30.7 Å². The van der Waals surface area contributed by atoms with Crippen molar-refractivity contribution < 1.29 is 35.5 Å².